The number of hydrogen-bond donors (Lipinski definition) is 2. The third-order valence-corrected chi connectivity index (χ3v) is 3.60. The number of likely N-dealkylation sites (N-methyl/N-ethyl adjacent to an activating group) is 1. The minimum atomic E-state index is -0.998. The molecule has 0 saturated heterocycles. The van der Waals surface area contributed by atoms with Gasteiger partial charge in [0.1, 0.15) is 6.54 Å². The summed E-state index contributed by atoms with van der Waals surface area (Å²) in [6, 6.07) is -0.191. The Labute approximate surface area is 115 Å². The average molecular weight is 270 g/mol. The Morgan fingerprint density at radius 1 is 1.21 bits per heavy atom. The van der Waals surface area contributed by atoms with Gasteiger partial charge in [-0.3, -0.25) is 4.79 Å². The van der Waals surface area contributed by atoms with E-state index in [1.54, 1.807) is 0 Å². The van der Waals surface area contributed by atoms with Gasteiger partial charge < -0.3 is 15.3 Å². The predicted octanol–water partition coefficient (Wildman–Crippen LogP) is 2.32. The fourth-order valence-electron chi connectivity index (χ4n) is 3.51. The van der Waals surface area contributed by atoms with Gasteiger partial charge in [0.05, 0.1) is 0 Å². The van der Waals surface area contributed by atoms with Gasteiger partial charge in [-0.25, -0.2) is 4.79 Å². The van der Waals surface area contributed by atoms with Crippen molar-refractivity contribution in [1.29, 1.82) is 0 Å². The van der Waals surface area contributed by atoms with E-state index in [4.69, 9.17) is 5.11 Å². The lowest BCUT2D eigenvalue weighted by molar-refractivity contribution is -0.137. The number of aliphatic carboxylic acids is 1. The summed E-state index contributed by atoms with van der Waals surface area (Å²) in [6.07, 6.45) is 3.00. The maximum atomic E-state index is 11.9. The second-order valence-corrected chi connectivity index (χ2v) is 7.31. The second kappa shape index (κ2) is 5.39. The van der Waals surface area contributed by atoms with E-state index < -0.39 is 5.97 Å². The zero-order valence-corrected chi connectivity index (χ0v) is 12.6. The molecule has 1 aliphatic carbocycles. The number of nitrogens with zero attached hydrogens (tertiary/aromatic N) is 1. The minimum absolute atomic E-state index is 0.113. The van der Waals surface area contributed by atoms with Crippen molar-refractivity contribution in [2.45, 2.75) is 53.0 Å². The van der Waals surface area contributed by atoms with Crippen molar-refractivity contribution in [2.24, 2.45) is 10.8 Å². The molecule has 1 aliphatic rings. The number of carboxylic acid groups (broad SMARTS) is 1. The molecule has 0 atom stereocenters. The highest BCUT2D eigenvalue weighted by molar-refractivity contribution is 5.79. The summed E-state index contributed by atoms with van der Waals surface area (Å²) in [5, 5.41) is 11.6. The van der Waals surface area contributed by atoms with Crippen molar-refractivity contribution in [3.05, 3.63) is 0 Å². The molecular weight excluding hydrogens is 244 g/mol. The Morgan fingerprint density at radius 3 is 2.11 bits per heavy atom. The Bertz CT molecular complexity index is 348. The fourth-order valence-corrected chi connectivity index (χ4v) is 3.51. The van der Waals surface area contributed by atoms with E-state index in [0.717, 1.165) is 19.3 Å². The van der Waals surface area contributed by atoms with E-state index in [1.165, 1.54) is 11.9 Å². The van der Waals surface area contributed by atoms with Crippen molar-refractivity contribution in [3.63, 3.8) is 0 Å². The molecule has 0 unspecified atom stereocenters. The van der Waals surface area contributed by atoms with Crippen LogP contribution in [0.4, 0.5) is 4.79 Å². The first kappa shape index (κ1) is 15.8. The molecule has 19 heavy (non-hydrogen) atoms. The molecule has 5 nitrogen and oxygen atoms in total. The fraction of sp³-hybridized carbons (Fsp3) is 0.857. The highest BCUT2D eigenvalue weighted by Crippen LogP contribution is 2.45. The van der Waals surface area contributed by atoms with Gasteiger partial charge in [0.2, 0.25) is 0 Å². The molecule has 0 bridgehead atoms. The third-order valence-electron chi connectivity index (χ3n) is 3.60. The molecule has 0 aromatic rings. The van der Waals surface area contributed by atoms with E-state index in [-0.39, 0.29) is 29.4 Å². The van der Waals surface area contributed by atoms with E-state index in [9.17, 15) is 9.59 Å². The van der Waals surface area contributed by atoms with Crippen LogP contribution in [0.5, 0.6) is 0 Å². The van der Waals surface area contributed by atoms with Crippen molar-refractivity contribution in [1.82, 2.24) is 10.2 Å². The number of amides is 2. The van der Waals surface area contributed by atoms with Gasteiger partial charge in [0, 0.05) is 13.1 Å². The Hall–Kier alpha value is -1.26. The largest absolute Gasteiger partial charge is 0.480 e. The minimum Gasteiger partial charge on any atom is -0.480 e. The Kier molecular flexibility index (Phi) is 4.48. The lowest BCUT2D eigenvalue weighted by atomic mass is 9.63. The lowest BCUT2D eigenvalue weighted by Gasteiger charge is -2.45. The van der Waals surface area contributed by atoms with Crippen LogP contribution in [0.3, 0.4) is 0 Å². The van der Waals surface area contributed by atoms with Crippen molar-refractivity contribution < 1.29 is 14.7 Å². The number of carboxylic acids is 1. The van der Waals surface area contributed by atoms with Gasteiger partial charge in [0.25, 0.3) is 0 Å². The molecule has 0 aromatic heterocycles. The number of rotatable bonds is 3. The molecule has 0 heterocycles. The van der Waals surface area contributed by atoms with Gasteiger partial charge in [-0.15, -0.1) is 0 Å². The summed E-state index contributed by atoms with van der Waals surface area (Å²) in [5.74, 6) is -0.998. The van der Waals surface area contributed by atoms with Gasteiger partial charge in [-0.05, 0) is 30.1 Å². The molecule has 0 spiro atoms. The molecule has 1 saturated carbocycles. The van der Waals surface area contributed by atoms with Crippen LogP contribution in [-0.4, -0.2) is 41.6 Å². The molecule has 0 radical (unpaired) electrons. The number of hydrogen-bond acceptors (Lipinski definition) is 2. The maximum absolute atomic E-state index is 11.9. The zero-order valence-electron chi connectivity index (χ0n) is 12.6. The summed E-state index contributed by atoms with van der Waals surface area (Å²) < 4.78 is 0. The van der Waals surface area contributed by atoms with E-state index in [1.807, 2.05) is 0 Å². The number of carbonyl (C=O) groups excluding carboxylic acids is 1. The lowest BCUT2D eigenvalue weighted by Crippen LogP contribution is -2.50. The number of urea groups is 1. The van der Waals surface area contributed by atoms with Crippen molar-refractivity contribution >= 4 is 12.0 Å². The molecule has 5 heteroatoms. The van der Waals surface area contributed by atoms with Crippen molar-refractivity contribution in [3.8, 4) is 0 Å². The molecule has 1 fully saturated rings. The maximum Gasteiger partial charge on any atom is 0.323 e. The molecule has 110 valence electrons. The van der Waals surface area contributed by atoms with E-state index in [0.29, 0.717) is 0 Å². The Morgan fingerprint density at radius 2 is 1.68 bits per heavy atom. The molecule has 0 aliphatic heterocycles. The molecular formula is C14H26N2O3. The standard InChI is InChI=1S/C14H26N2O3/c1-13(2)6-10(7-14(3,4)9-13)15-12(19)16(5)8-11(17)18/h10H,6-9H2,1-5H3,(H,15,19)(H,17,18). The smallest absolute Gasteiger partial charge is 0.323 e. The van der Waals surface area contributed by atoms with Crippen LogP contribution in [-0.2, 0) is 4.79 Å². The van der Waals surface area contributed by atoms with E-state index in [2.05, 4.69) is 33.0 Å². The Balaban J connectivity index is 2.61. The molecule has 2 N–H and O–H groups in total. The summed E-state index contributed by atoms with van der Waals surface area (Å²) in [5.41, 5.74) is 0.399. The van der Waals surface area contributed by atoms with Crippen LogP contribution in [0.25, 0.3) is 0 Å². The first-order valence-electron chi connectivity index (χ1n) is 6.74. The van der Waals surface area contributed by atoms with Gasteiger partial charge in [-0.1, -0.05) is 27.7 Å². The first-order valence-corrected chi connectivity index (χ1v) is 6.74. The summed E-state index contributed by atoms with van der Waals surface area (Å²) in [6.45, 7) is 8.59. The van der Waals surface area contributed by atoms with Crippen LogP contribution in [0.1, 0.15) is 47.0 Å². The van der Waals surface area contributed by atoms with Crippen LogP contribution in [0, 0.1) is 10.8 Å². The molecule has 1 rings (SSSR count). The first-order chi connectivity index (χ1) is 8.51. The van der Waals surface area contributed by atoms with Crippen LogP contribution in [0.15, 0.2) is 0 Å². The number of nitrogens with one attached hydrogen (secondary N) is 1. The van der Waals surface area contributed by atoms with Gasteiger partial charge in [-0.2, -0.15) is 0 Å². The van der Waals surface area contributed by atoms with Crippen LogP contribution < -0.4 is 5.32 Å². The summed E-state index contributed by atoms with van der Waals surface area (Å²) in [4.78, 5) is 23.7. The molecule has 0 aromatic carbocycles. The van der Waals surface area contributed by atoms with Crippen LogP contribution >= 0.6 is 0 Å². The number of carbonyl (C=O) groups is 2. The monoisotopic (exact) mass is 270 g/mol. The normalized spacial score (nSPS) is 21.7. The topological polar surface area (TPSA) is 69.6 Å². The highest BCUT2D eigenvalue weighted by Gasteiger charge is 2.39. The average Bonchev–Trinajstić information content (AvgIpc) is 2.10. The predicted molar refractivity (Wildman–Crippen MR) is 74.0 cm³/mol. The highest BCUT2D eigenvalue weighted by atomic mass is 16.4. The van der Waals surface area contributed by atoms with Gasteiger partial charge in [0.15, 0.2) is 0 Å². The van der Waals surface area contributed by atoms with Crippen LogP contribution in [0.2, 0.25) is 0 Å². The quantitative estimate of drug-likeness (QED) is 0.827. The third kappa shape index (κ3) is 5.09. The summed E-state index contributed by atoms with van der Waals surface area (Å²) >= 11 is 0. The van der Waals surface area contributed by atoms with Crippen molar-refractivity contribution in [2.75, 3.05) is 13.6 Å². The summed E-state index contributed by atoms with van der Waals surface area (Å²) in [7, 11) is 1.50. The zero-order chi connectivity index (χ0) is 14.8. The van der Waals surface area contributed by atoms with E-state index >= 15 is 0 Å². The second-order valence-electron chi connectivity index (χ2n) is 7.31. The van der Waals surface area contributed by atoms with Gasteiger partial charge >= 0.3 is 12.0 Å². The molecule has 2 amide bonds. The SMILES string of the molecule is CN(CC(=O)O)C(=O)NC1CC(C)(C)CC(C)(C)C1.